The molecule has 1 fully saturated rings. The van der Waals surface area contributed by atoms with Crippen LogP contribution in [0, 0.1) is 6.92 Å². The van der Waals surface area contributed by atoms with Gasteiger partial charge in [0, 0.05) is 30.7 Å². The number of benzene rings is 1. The third kappa shape index (κ3) is 7.31. The van der Waals surface area contributed by atoms with Crippen LogP contribution in [0.3, 0.4) is 0 Å². The Labute approximate surface area is 204 Å². The average molecular weight is 509 g/mol. The van der Waals surface area contributed by atoms with Gasteiger partial charge in [0.2, 0.25) is 0 Å². The fraction of sp³-hybridized carbons (Fsp3) is 0.391. The van der Waals surface area contributed by atoms with E-state index < -0.39 is 12.1 Å². The predicted octanol–water partition coefficient (Wildman–Crippen LogP) is 3.81. The van der Waals surface area contributed by atoms with Gasteiger partial charge < -0.3 is 20.3 Å². The maximum atomic E-state index is 12.3. The van der Waals surface area contributed by atoms with Crippen molar-refractivity contribution < 1.29 is 32.4 Å². The number of nitrogens with one attached hydrogen (secondary N) is 3. The molecule has 194 valence electrons. The summed E-state index contributed by atoms with van der Waals surface area (Å²) in [4.78, 5) is 21.2. The number of piperidine rings is 1. The van der Waals surface area contributed by atoms with Gasteiger partial charge in [-0.3, -0.25) is 10.00 Å². The number of carboxylic acids is 1. The number of hydrogen-bond donors (Lipinski definition) is 4. The van der Waals surface area contributed by atoms with E-state index in [1.54, 1.807) is 11.7 Å². The molecule has 4 rings (SSSR count). The number of aliphatic carboxylic acids is 1. The Morgan fingerprint density at radius 3 is 2.53 bits per heavy atom. The van der Waals surface area contributed by atoms with Crippen molar-refractivity contribution in [3.63, 3.8) is 0 Å². The number of aryl methyl sites for hydroxylation is 2. The van der Waals surface area contributed by atoms with Gasteiger partial charge in [-0.25, -0.2) is 9.59 Å². The van der Waals surface area contributed by atoms with Gasteiger partial charge in [-0.2, -0.15) is 18.3 Å². The van der Waals surface area contributed by atoms with Crippen molar-refractivity contribution in [2.24, 2.45) is 7.05 Å². The van der Waals surface area contributed by atoms with Crippen molar-refractivity contribution in [3.05, 3.63) is 53.4 Å². The molecular weight excluding hydrogens is 481 g/mol. The number of carbonyl (C=O) groups is 2. The Bertz CT molecular complexity index is 1180. The van der Waals surface area contributed by atoms with E-state index in [-0.39, 0.29) is 12.6 Å². The van der Waals surface area contributed by atoms with Crippen LogP contribution in [0.25, 0.3) is 11.3 Å². The molecule has 1 aromatic carbocycles. The van der Waals surface area contributed by atoms with E-state index in [1.165, 1.54) is 0 Å². The normalized spacial score (nSPS) is 14.0. The van der Waals surface area contributed by atoms with Gasteiger partial charge in [0.05, 0.1) is 17.9 Å². The zero-order valence-electron chi connectivity index (χ0n) is 19.7. The van der Waals surface area contributed by atoms with Crippen LogP contribution in [0.1, 0.15) is 35.8 Å². The summed E-state index contributed by atoms with van der Waals surface area (Å²) < 4.78 is 38.8. The van der Waals surface area contributed by atoms with Gasteiger partial charge in [-0.1, -0.05) is 29.4 Å². The van der Waals surface area contributed by atoms with Crippen molar-refractivity contribution in [2.45, 2.75) is 38.4 Å². The molecule has 4 N–H and O–H groups in total. The van der Waals surface area contributed by atoms with Gasteiger partial charge in [-0.15, -0.1) is 0 Å². The molecule has 36 heavy (non-hydrogen) atoms. The molecule has 10 nitrogen and oxygen atoms in total. The van der Waals surface area contributed by atoms with Crippen LogP contribution < -0.4 is 16.0 Å². The molecular formula is C23H27F3N6O4. The number of halogens is 3. The second-order valence-corrected chi connectivity index (χ2v) is 8.21. The minimum atomic E-state index is -5.08. The molecule has 0 atom stereocenters. The van der Waals surface area contributed by atoms with E-state index in [9.17, 15) is 18.0 Å². The highest BCUT2D eigenvalue weighted by atomic mass is 19.4. The van der Waals surface area contributed by atoms with Gasteiger partial charge in [0.1, 0.15) is 5.82 Å². The van der Waals surface area contributed by atoms with E-state index in [1.807, 2.05) is 43.3 Å². The third-order valence-corrected chi connectivity index (χ3v) is 5.54. The van der Waals surface area contributed by atoms with E-state index in [0.29, 0.717) is 17.5 Å². The first-order valence-electron chi connectivity index (χ1n) is 11.2. The number of hydrogen-bond acceptors (Lipinski definition) is 6. The van der Waals surface area contributed by atoms with Crippen molar-refractivity contribution >= 4 is 17.8 Å². The fourth-order valence-electron chi connectivity index (χ4n) is 3.63. The first kappa shape index (κ1) is 26.7. The van der Waals surface area contributed by atoms with Crippen molar-refractivity contribution in [2.75, 3.05) is 18.4 Å². The lowest BCUT2D eigenvalue weighted by molar-refractivity contribution is -0.192. The first-order chi connectivity index (χ1) is 17.0. The average Bonchev–Trinajstić information content (AvgIpc) is 3.45. The summed E-state index contributed by atoms with van der Waals surface area (Å²) in [6.45, 7) is 4.33. The Hall–Kier alpha value is -3.87. The molecule has 13 heteroatoms. The second kappa shape index (κ2) is 11.7. The molecule has 3 heterocycles. The van der Waals surface area contributed by atoms with E-state index in [2.05, 4.69) is 26.2 Å². The van der Waals surface area contributed by atoms with Crippen LogP contribution in [0.5, 0.6) is 0 Å². The molecule has 2 aromatic heterocycles. The number of aromatic nitrogens is 3. The Morgan fingerprint density at radius 1 is 1.22 bits per heavy atom. The summed E-state index contributed by atoms with van der Waals surface area (Å²) in [5.74, 6) is -1.06. The lowest BCUT2D eigenvalue weighted by Crippen LogP contribution is -2.29. The third-order valence-electron chi connectivity index (χ3n) is 5.54. The molecule has 2 amide bonds. The second-order valence-electron chi connectivity index (χ2n) is 8.21. The molecule has 0 spiro atoms. The fourth-order valence-corrected chi connectivity index (χ4v) is 3.63. The molecule has 1 aliphatic heterocycles. The summed E-state index contributed by atoms with van der Waals surface area (Å²) in [6.07, 6.45) is -2.97. The first-order valence-corrected chi connectivity index (χ1v) is 11.2. The highest BCUT2D eigenvalue weighted by Gasteiger charge is 2.38. The zero-order chi connectivity index (χ0) is 26.3. The number of anilines is 1. The van der Waals surface area contributed by atoms with Crippen molar-refractivity contribution in [3.8, 4) is 11.3 Å². The maximum Gasteiger partial charge on any atom is 0.490 e. The highest BCUT2D eigenvalue weighted by molar-refractivity contribution is 5.89. The summed E-state index contributed by atoms with van der Waals surface area (Å²) >= 11 is 0. The maximum absolute atomic E-state index is 12.3. The molecule has 1 saturated heterocycles. The van der Waals surface area contributed by atoms with Gasteiger partial charge >= 0.3 is 18.2 Å². The lowest BCUT2D eigenvalue weighted by Gasteiger charge is -2.19. The minimum absolute atomic E-state index is 0.284. The summed E-state index contributed by atoms with van der Waals surface area (Å²) in [6, 6.07) is 11.5. The summed E-state index contributed by atoms with van der Waals surface area (Å²) in [5, 5.41) is 24.8. The Balaban J connectivity index is 0.000000454. The lowest BCUT2D eigenvalue weighted by atomic mass is 9.95. The predicted molar refractivity (Wildman–Crippen MR) is 124 cm³/mol. The van der Waals surface area contributed by atoms with Crippen molar-refractivity contribution in [1.82, 2.24) is 25.6 Å². The molecule has 0 unspecified atom stereocenters. The molecule has 0 aliphatic carbocycles. The van der Waals surface area contributed by atoms with Gasteiger partial charge in [-0.05, 0) is 38.4 Å². The van der Waals surface area contributed by atoms with E-state index in [4.69, 9.17) is 14.4 Å². The van der Waals surface area contributed by atoms with Crippen LogP contribution in [0.15, 0.2) is 40.9 Å². The topological polar surface area (TPSA) is 134 Å². The van der Waals surface area contributed by atoms with Crippen LogP contribution in [-0.2, 0) is 18.4 Å². The minimum Gasteiger partial charge on any atom is -0.475 e. The smallest absolute Gasteiger partial charge is 0.475 e. The molecule has 1 aliphatic rings. The van der Waals surface area contributed by atoms with E-state index >= 15 is 0 Å². The monoisotopic (exact) mass is 508 g/mol. The quantitative estimate of drug-likeness (QED) is 0.412. The number of alkyl halides is 3. The zero-order valence-corrected chi connectivity index (χ0v) is 19.7. The van der Waals surface area contributed by atoms with Gasteiger partial charge in [0.25, 0.3) is 0 Å². The highest BCUT2D eigenvalue weighted by Crippen LogP contribution is 2.25. The molecule has 0 radical (unpaired) electrons. The number of carbonyl (C=O) groups excluding carboxylic acids is 1. The van der Waals surface area contributed by atoms with Crippen LogP contribution in [0.4, 0.5) is 23.8 Å². The number of urea groups is 1. The van der Waals surface area contributed by atoms with Crippen LogP contribution in [0.2, 0.25) is 0 Å². The van der Waals surface area contributed by atoms with Crippen LogP contribution >= 0.6 is 0 Å². The molecule has 0 bridgehead atoms. The Morgan fingerprint density at radius 2 is 1.89 bits per heavy atom. The van der Waals surface area contributed by atoms with Gasteiger partial charge in [0.15, 0.2) is 5.76 Å². The number of nitrogens with zero attached hydrogens (tertiary/aromatic N) is 3. The summed E-state index contributed by atoms with van der Waals surface area (Å²) in [5.41, 5.74) is 3.97. The van der Waals surface area contributed by atoms with Crippen LogP contribution in [-0.4, -0.2) is 51.3 Å². The SMILES string of the molecule is Cc1ccccc1-c1cc(NC(=O)NCc2cc(C3CCNCC3)no2)n(C)n1.O=C(O)C(F)(F)F. The van der Waals surface area contributed by atoms with E-state index in [0.717, 1.165) is 48.4 Å². The Kier molecular flexibility index (Phi) is 8.69. The largest absolute Gasteiger partial charge is 0.490 e. The standard InChI is InChI=1S/C21H26N6O2.C2HF3O2/c1-14-5-3-4-6-17(14)19-12-20(27(2)25-19)24-21(28)23-13-16-11-18(26-29-16)15-7-9-22-10-8-15;3-2(4,5)1(6)7/h3-6,11-12,15,22H,7-10,13H2,1-2H3,(H2,23,24,28);(H,6,7). The summed E-state index contributed by atoms with van der Waals surface area (Å²) in [7, 11) is 1.80. The number of amides is 2. The molecule has 3 aromatic rings. The molecule has 0 saturated carbocycles. The number of carboxylic acid groups (broad SMARTS) is 1. The number of rotatable bonds is 5. The van der Waals surface area contributed by atoms with Crippen molar-refractivity contribution in [1.29, 1.82) is 0 Å².